The molecule has 1 aromatic carbocycles. The van der Waals surface area contributed by atoms with Crippen LogP contribution in [0.25, 0.3) is 0 Å². The smallest absolute Gasteiger partial charge is 0.225 e. The first kappa shape index (κ1) is 19.6. The van der Waals surface area contributed by atoms with Crippen molar-refractivity contribution in [2.45, 2.75) is 18.9 Å². The Bertz CT molecular complexity index is 507. The van der Waals surface area contributed by atoms with E-state index in [4.69, 9.17) is 10.5 Å². The summed E-state index contributed by atoms with van der Waals surface area (Å²) in [6.45, 7) is 1.21. The first-order valence-electron chi connectivity index (χ1n) is 7.25. The van der Waals surface area contributed by atoms with E-state index >= 15 is 0 Å². The third-order valence-electron chi connectivity index (χ3n) is 3.19. The number of carbonyl (C=O) groups excluding carboxylic acids is 2. The molecule has 8 heteroatoms. The minimum Gasteiger partial charge on any atom is -0.493 e. The number of nitrogens with two attached hydrogens (primary N) is 1. The van der Waals surface area contributed by atoms with Gasteiger partial charge in [-0.05, 0) is 24.3 Å². The first-order chi connectivity index (χ1) is 10.6. The summed E-state index contributed by atoms with van der Waals surface area (Å²) in [5.74, 6) is 2.33. The Morgan fingerprint density at radius 1 is 1.35 bits per heavy atom. The number of hydrogen-bond acceptors (Lipinski definition) is 5. The van der Waals surface area contributed by atoms with E-state index in [9.17, 15) is 9.59 Å². The molecule has 0 spiro atoms. The van der Waals surface area contributed by atoms with Crippen LogP contribution in [0.4, 0.5) is 5.69 Å². The van der Waals surface area contributed by atoms with Crippen molar-refractivity contribution in [2.24, 2.45) is 5.73 Å². The lowest BCUT2D eigenvalue weighted by molar-refractivity contribution is -0.118. The Hall–Kier alpha value is -1.44. The number of benzene rings is 1. The van der Waals surface area contributed by atoms with Crippen LogP contribution in [0.1, 0.15) is 12.8 Å². The predicted octanol–water partition coefficient (Wildman–Crippen LogP) is 1.40. The summed E-state index contributed by atoms with van der Waals surface area (Å²) >= 11 is 1.87. The van der Waals surface area contributed by atoms with Gasteiger partial charge in [0, 0.05) is 36.2 Å². The zero-order chi connectivity index (χ0) is 15.8. The lowest BCUT2D eigenvalue weighted by Gasteiger charge is -2.22. The summed E-state index contributed by atoms with van der Waals surface area (Å²) in [7, 11) is 0. The van der Waals surface area contributed by atoms with E-state index in [-0.39, 0.29) is 37.4 Å². The minimum atomic E-state index is -0.390. The van der Waals surface area contributed by atoms with Crippen LogP contribution >= 0.6 is 24.2 Å². The number of halogens is 1. The third-order valence-corrected chi connectivity index (χ3v) is 4.32. The van der Waals surface area contributed by atoms with E-state index in [1.807, 2.05) is 11.8 Å². The van der Waals surface area contributed by atoms with Gasteiger partial charge >= 0.3 is 0 Å². The van der Waals surface area contributed by atoms with Crippen LogP contribution in [0.15, 0.2) is 24.3 Å². The van der Waals surface area contributed by atoms with Crippen LogP contribution in [0, 0.1) is 0 Å². The number of hydrogen-bond donors (Lipinski definition) is 3. The van der Waals surface area contributed by atoms with Gasteiger partial charge < -0.3 is 21.1 Å². The monoisotopic (exact) mass is 359 g/mol. The molecule has 2 rings (SSSR count). The topological polar surface area (TPSA) is 93.5 Å². The molecule has 1 aliphatic heterocycles. The summed E-state index contributed by atoms with van der Waals surface area (Å²) < 4.78 is 5.37. The molecule has 128 valence electrons. The van der Waals surface area contributed by atoms with Gasteiger partial charge in [-0.15, -0.1) is 12.4 Å². The lowest BCUT2D eigenvalue weighted by Crippen LogP contribution is -2.39. The average Bonchev–Trinajstić information content (AvgIpc) is 2.49. The highest BCUT2D eigenvalue weighted by Gasteiger charge is 2.16. The molecule has 4 N–H and O–H groups in total. The van der Waals surface area contributed by atoms with E-state index in [1.165, 1.54) is 0 Å². The number of rotatable bonds is 7. The van der Waals surface area contributed by atoms with Gasteiger partial charge in [0.15, 0.2) is 0 Å². The molecular weight excluding hydrogens is 338 g/mol. The van der Waals surface area contributed by atoms with Crippen LogP contribution < -0.4 is 21.1 Å². The maximum atomic E-state index is 12.0. The van der Waals surface area contributed by atoms with Crippen molar-refractivity contribution in [3.8, 4) is 5.75 Å². The van der Waals surface area contributed by atoms with Gasteiger partial charge in [-0.25, -0.2) is 0 Å². The minimum absolute atomic E-state index is 0. The third kappa shape index (κ3) is 7.58. The number of ether oxygens (including phenoxy) is 1. The second-order valence-corrected chi connectivity index (χ2v) is 6.22. The molecule has 0 saturated carbocycles. The quantitative estimate of drug-likeness (QED) is 0.684. The van der Waals surface area contributed by atoms with Gasteiger partial charge in [0.05, 0.1) is 13.0 Å². The number of carbonyl (C=O) groups is 2. The van der Waals surface area contributed by atoms with Crippen molar-refractivity contribution >= 4 is 41.7 Å². The fraction of sp³-hybridized carbons (Fsp3) is 0.467. The fourth-order valence-electron chi connectivity index (χ4n) is 2.09. The normalized spacial score (nSPS) is 17.0. The maximum Gasteiger partial charge on any atom is 0.225 e. The number of anilines is 1. The second-order valence-electron chi connectivity index (χ2n) is 5.07. The molecule has 0 aliphatic carbocycles. The molecule has 1 aromatic rings. The molecule has 0 radical (unpaired) electrons. The van der Waals surface area contributed by atoms with E-state index in [2.05, 4.69) is 10.6 Å². The molecule has 1 saturated heterocycles. The van der Waals surface area contributed by atoms with Crippen molar-refractivity contribution in [3.05, 3.63) is 24.3 Å². The van der Waals surface area contributed by atoms with Crippen LogP contribution in [0.5, 0.6) is 5.75 Å². The Morgan fingerprint density at radius 2 is 2.09 bits per heavy atom. The highest BCUT2D eigenvalue weighted by Crippen LogP contribution is 2.17. The van der Waals surface area contributed by atoms with Crippen LogP contribution in [-0.2, 0) is 9.59 Å². The van der Waals surface area contributed by atoms with E-state index in [0.29, 0.717) is 12.2 Å². The summed E-state index contributed by atoms with van der Waals surface area (Å²) in [4.78, 5) is 22.6. The van der Waals surface area contributed by atoms with Crippen molar-refractivity contribution in [1.82, 2.24) is 5.32 Å². The predicted molar refractivity (Wildman–Crippen MR) is 95.4 cm³/mol. The Labute approximate surface area is 146 Å². The number of nitrogens with one attached hydrogen (secondary N) is 2. The van der Waals surface area contributed by atoms with Crippen molar-refractivity contribution in [2.75, 3.05) is 30.0 Å². The SMILES string of the molecule is Cl.NC(=O)CCOc1ccc(NC(=O)CC2CSCCN2)cc1. The average molecular weight is 360 g/mol. The van der Waals surface area contributed by atoms with Gasteiger partial charge in [-0.2, -0.15) is 11.8 Å². The van der Waals surface area contributed by atoms with Gasteiger partial charge in [0.1, 0.15) is 5.75 Å². The van der Waals surface area contributed by atoms with E-state index in [0.717, 1.165) is 23.7 Å². The molecule has 1 aliphatic rings. The van der Waals surface area contributed by atoms with Gasteiger partial charge in [0.2, 0.25) is 11.8 Å². The molecule has 0 bridgehead atoms. The Balaban J connectivity index is 0.00000264. The van der Waals surface area contributed by atoms with Crippen LogP contribution in [0.2, 0.25) is 0 Å². The van der Waals surface area contributed by atoms with Crippen molar-refractivity contribution in [3.63, 3.8) is 0 Å². The van der Waals surface area contributed by atoms with Crippen molar-refractivity contribution < 1.29 is 14.3 Å². The zero-order valence-corrected chi connectivity index (χ0v) is 14.4. The molecule has 1 atom stereocenters. The highest BCUT2D eigenvalue weighted by molar-refractivity contribution is 7.99. The molecule has 2 amide bonds. The molecule has 1 heterocycles. The molecule has 1 fully saturated rings. The number of amides is 2. The second kappa shape index (κ2) is 10.4. The largest absolute Gasteiger partial charge is 0.493 e. The highest BCUT2D eigenvalue weighted by atomic mass is 35.5. The van der Waals surface area contributed by atoms with Gasteiger partial charge in [0.25, 0.3) is 0 Å². The molecular formula is C15H22ClN3O3S. The summed E-state index contributed by atoms with van der Waals surface area (Å²) in [6.07, 6.45) is 0.661. The van der Waals surface area contributed by atoms with Gasteiger partial charge in [-0.3, -0.25) is 9.59 Å². The Morgan fingerprint density at radius 3 is 2.70 bits per heavy atom. The lowest BCUT2D eigenvalue weighted by atomic mass is 10.2. The van der Waals surface area contributed by atoms with Crippen LogP contribution in [-0.4, -0.2) is 42.5 Å². The maximum absolute atomic E-state index is 12.0. The molecule has 1 unspecified atom stereocenters. The van der Waals surface area contributed by atoms with Crippen LogP contribution in [0.3, 0.4) is 0 Å². The van der Waals surface area contributed by atoms with E-state index in [1.54, 1.807) is 24.3 Å². The number of primary amides is 1. The number of thioether (sulfide) groups is 1. The zero-order valence-electron chi connectivity index (χ0n) is 12.7. The van der Waals surface area contributed by atoms with Crippen molar-refractivity contribution in [1.29, 1.82) is 0 Å². The first-order valence-corrected chi connectivity index (χ1v) is 8.41. The Kier molecular flexibility index (Phi) is 8.83. The summed E-state index contributed by atoms with van der Waals surface area (Å²) in [6, 6.07) is 7.31. The molecule has 0 aromatic heterocycles. The molecule has 6 nitrogen and oxygen atoms in total. The van der Waals surface area contributed by atoms with E-state index < -0.39 is 5.91 Å². The van der Waals surface area contributed by atoms with Gasteiger partial charge in [-0.1, -0.05) is 0 Å². The molecule has 23 heavy (non-hydrogen) atoms. The standard InChI is InChI=1S/C15H21N3O3S.ClH/c16-14(19)5-7-21-13-3-1-11(2-4-13)18-15(20)9-12-10-22-8-6-17-12;/h1-4,12,17H,5-10H2,(H2,16,19)(H,18,20);1H. The summed E-state index contributed by atoms with van der Waals surface area (Å²) in [5, 5.41) is 6.21. The fourth-order valence-corrected chi connectivity index (χ4v) is 3.04. The summed E-state index contributed by atoms with van der Waals surface area (Å²) in [5.41, 5.74) is 5.77.